The van der Waals surface area contributed by atoms with Crippen LogP contribution in [0.25, 0.3) is 21.6 Å². The van der Waals surface area contributed by atoms with E-state index in [9.17, 15) is 4.39 Å². The lowest BCUT2D eigenvalue weighted by atomic mass is 10.2. The molecule has 0 spiro atoms. The molecule has 18 heavy (non-hydrogen) atoms. The van der Waals surface area contributed by atoms with Crippen LogP contribution in [0.1, 0.15) is 0 Å². The smallest absolute Gasteiger partial charge is 0.163 e. The molecule has 0 N–H and O–H groups in total. The maximum atomic E-state index is 13.0. The zero-order chi connectivity index (χ0) is 12.7. The molecule has 0 radical (unpaired) electrons. The molecule has 0 unspecified atom stereocenters. The molecular formula is C12H5Cl2FN2S. The average molecular weight is 299 g/mol. The van der Waals surface area contributed by atoms with Crippen molar-refractivity contribution in [2.24, 2.45) is 0 Å². The second kappa shape index (κ2) is 4.46. The number of benzene rings is 1. The molecule has 0 aliphatic rings. The first-order valence-electron chi connectivity index (χ1n) is 5.01. The maximum absolute atomic E-state index is 13.0. The summed E-state index contributed by atoms with van der Waals surface area (Å²) in [7, 11) is 0. The van der Waals surface area contributed by atoms with Gasteiger partial charge in [-0.1, -0.05) is 23.2 Å². The summed E-state index contributed by atoms with van der Waals surface area (Å²) in [6.45, 7) is 0. The first kappa shape index (κ1) is 11.8. The van der Waals surface area contributed by atoms with Crippen LogP contribution in [-0.4, -0.2) is 9.97 Å². The van der Waals surface area contributed by atoms with Crippen LogP contribution in [0, 0.1) is 5.82 Å². The number of hydrogen-bond acceptors (Lipinski definition) is 3. The number of fused-ring (bicyclic) bond motifs is 1. The van der Waals surface area contributed by atoms with E-state index in [4.69, 9.17) is 23.2 Å². The third-order valence-electron chi connectivity index (χ3n) is 2.45. The molecule has 90 valence electrons. The molecule has 0 aliphatic heterocycles. The van der Waals surface area contributed by atoms with Crippen molar-refractivity contribution in [3.63, 3.8) is 0 Å². The topological polar surface area (TPSA) is 25.8 Å². The summed E-state index contributed by atoms with van der Waals surface area (Å²) in [5.41, 5.74) is 0.565. The van der Waals surface area contributed by atoms with Gasteiger partial charge in [-0.3, -0.25) is 0 Å². The van der Waals surface area contributed by atoms with Crippen molar-refractivity contribution in [1.82, 2.24) is 9.97 Å². The van der Waals surface area contributed by atoms with Crippen molar-refractivity contribution in [3.05, 3.63) is 45.6 Å². The van der Waals surface area contributed by atoms with Crippen molar-refractivity contribution in [2.45, 2.75) is 0 Å². The van der Waals surface area contributed by atoms with Gasteiger partial charge in [-0.25, -0.2) is 14.4 Å². The summed E-state index contributed by atoms with van der Waals surface area (Å²) in [6, 6.07) is 5.95. The second-order valence-electron chi connectivity index (χ2n) is 3.60. The Morgan fingerprint density at radius 1 is 1.11 bits per heavy atom. The molecule has 3 aromatic rings. The van der Waals surface area contributed by atoms with E-state index < -0.39 is 5.82 Å². The summed E-state index contributed by atoms with van der Waals surface area (Å²) in [6.07, 6.45) is 0. The summed E-state index contributed by atoms with van der Waals surface area (Å²) in [5, 5.41) is 3.34. The lowest BCUT2D eigenvalue weighted by molar-refractivity contribution is 0.628. The first-order chi connectivity index (χ1) is 8.65. The van der Waals surface area contributed by atoms with E-state index in [-0.39, 0.29) is 5.02 Å². The van der Waals surface area contributed by atoms with E-state index in [0.717, 1.165) is 10.2 Å². The zero-order valence-electron chi connectivity index (χ0n) is 8.82. The lowest BCUT2D eigenvalue weighted by Crippen LogP contribution is -1.91. The third kappa shape index (κ3) is 1.96. The Hall–Kier alpha value is -1.23. The Labute approximate surface area is 116 Å². The summed E-state index contributed by atoms with van der Waals surface area (Å²) in [5.74, 6) is 0.00648. The van der Waals surface area contributed by atoms with Crippen LogP contribution >= 0.6 is 34.5 Å². The molecule has 6 heteroatoms. The van der Waals surface area contributed by atoms with Crippen LogP contribution in [0.5, 0.6) is 0 Å². The molecule has 0 aliphatic carbocycles. The predicted molar refractivity (Wildman–Crippen MR) is 72.8 cm³/mol. The number of rotatable bonds is 1. The van der Waals surface area contributed by atoms with Gasteiger partial charge in [0.15, 0.2) is 5.82 Å². The normalized spacial score (nSPS) is 11.1. The molecule has 1 aromatic carbocycles. The standard InChI is InChI=1S/C12H5Cl2FN2S/c13-9-5-6(15)1-2-7(9)11-16-10(14)8-3-4-18-12(8)17-11/h1-5H. The molecule has 0 saturated heterocycles. The molecule has 0 saturated carbocycles. The molecule has 0 fully saturated rings. The minimum Gasteiger partial charge on any atom is -0.217 e. The lowest BCUT2D eigenvalue weighted by Gasteiger charge is -2.04. The van der Waals surface area contributed by atoms with Gasteiger partial charge in [-0.15, -0.1) is 11.3 Å². The van der Waals surface area contributed by atoms with Gasteiger partial charge in [-0.2, -0.15) is 0 Å². The quantitative estimate of drug-likeness (QED) is 0.603. The fourth-order valence-corrected chi connectivity index (χ4v) is 2.91. The van der Waals surface area contributed by atoms with Crippen molar-refractivity contribution < 1.29 is 4.39 Å². The summed E-state index contributed by atoms with van der Waals surface area (Å²) >= 11 is 13.5. The summed E-state index contributed by atoms with van der Waals surface area (Å²) < 4.78 is 13.0. The Bertz CT molecular complexity index is 742. The van der Waals surface area contributed by atoms with Gasteiger partial charge in [0.05, 0.1) is 5.02 Å². The highest BCUT2D eigenvalue weighted by molar-refractivity contribution is 7.16. The Kier molecular flexibility index (Phi) is 2.93. The van der Waals surface area contributed by atoms with E-state index in [1.54, 1.807) is 6.07 Å². The van der Waals surface area contributed by atoms with E-state index >= 15 is 0 Å². The van der Waals surface area contributed by atoms with E-state index in [1.807, 2.05) is 11.4 Å². The minimum atomic E-state index is -0.396. The molecule has 2 aromatic heterocycles. The molecule has 0 bridgehead atoms. The van der Waals surface area contributed by atoms with Crippen LogP contribution in [-0.2, 0) is 0 Å². The zero-order valence-corrected chi connectivity index (χ0v) is 11.2. The van der Waals surface area contributed by atoms with Crippen molar-refractivity contribution >= 4 is 44.8 Å². The number of thiophene rings is 1. The highest BCUT2D eigenvalue weighted by Crippen LogP contribution is 2.31. The average Bonchev–Trinajstić information content (AvgIpc) is 2.77. The Morgan fingerprint density at radius 2 is 1.94 bits per heavy atom. The summed E-state index contributed by atoms with van der Waals surface area (Å²) in [4.78, 5) is 9.34. The number of nitrogens with zero attached hydrogens (tertiary/aromatic N) is 2. The van der Waals surface area contributed by atoms with Gasteiger partial charge in [0, 0.05) is 10.9 Å². The Morgan fingerprint density at radius 3 is 2.72 bits per heavy atom. The van der Waals surface area contributed by atoms with Crippen molar-refractivity contribution in [3.8, 4) is 11.4 Å². The van der Waals surface area contributed by atoms with Gasteiger partial charge in [0.1, 0.15) is 15.8 Å². The SMILES string of the molecule is Fc1ccc(-c2nc(Cl)c3ccsc3n2)c(Cl)c1. The van der Waals surface area contributed by atoms with E-state index in [2.05, 4.69) is 9.97 Å². The van der Waals surface area contributed by atoms with Gasteiger partial charge < -0.3 is 0 Å². The molecule has 2 nitrogen and oxygen atoms in total. The highest BCUT2D eigenvalue weighted by Gasteiger charge is 2.12. The second-order valence-corrected chi connectivity index (χ2v) is 5.26. The number of halogens is 3. The highest BCUT2D eigenvalue weighted by atomic mass is 35.5. The predicted octanol–water partition coefficient (Wildman–Crippen LogP) is 4.80. The maximum Gasteiger partial charge on any atom is 0.163 e. The van der Waals surface area contributed by atoms with Crippen LogP contribution in [0.15, 0.2) is 29.6 Å². The molecular weight excluding hydrogens is 294 g/mol. The fraction of sp³-hybridized carbons (Fsp3) is 0. The van der Waals surface area contributed by atoms with Crippen molar-refractivity contribution in [1.29, 1.82) is 0 Å². The third-order valence-corrected chi connectivity index (χ3v) is 3.86. The fourth-order valence-electron chi connectivity index (χ4n) is 1.61. The van der Waals surface area contributed by atoms with Gasteiger partial charge >= 0.3 is 0 Å². The number of hydrogen-bond donors (Lipinski definition) is 0. The van der Waals surface area contributed by atoms with Gasteiger partial charge in [0.2, 0.25) is 0 Å². The van der Waals surface area contributed by atoms with Crippen LogP contribution < -0.4 is 0 Å². The molecule has 2 heterocycles. The first-order valence-corrected chi connectivity index (χ1v) is 6.65. The van der Waals surface area contributed by atoms with Crippen LogP contribution in [0.2, 0.25) is 10.2 Å². The monoisotopic (exact) mass is 298 g/mol. The van der Waals surface area contributed by atoms with Gasteiger partial charge in [0.25, 0.3) is 0 Å². The van der Waals surface area contributed by atoms with E-state index in [1.165, 1.54) is 23.5 Å². The van der Waals surface area contributed by atoms with Crippen LogP contribution in [0.4, 0.5) is 4.39 Å². The molecule has 0 atom stereocenters. The van der Waals surface area contributed by atoms with Crippen LogP contribution in [0.3, 0.4) is 0 Å². The minimum absolute atomic E-state index is 0.266. The number of aromatic nitrogens is 2. The largest absolute Gasteiger partial charge is 0.217 e. The van der Waals surface area contributed by atoms with Crippen molar-refractivity contribution in [2.75, 3.05) is 0 Å². The Balaban J connectivity index is 2.24. The van der Waals surface area contributed by atoms with E-state index in [0.29, 0.717) is 16.5 Å². The molecule has 0 amide bonds. The van der Waals surface area contributed by atoms with Gasteiger partial charge in [-0.05, 0) is 29.6 Å². The molecule has 3 rings (SSSR count).